The highest BCUT2D eigenvalue weighted by Crippen LogP contribution is 2.65. The average molecular weight is 696 g/mol. The minimum absolute atomic E-state index is 0.0678. The molecule has 3 saturated carbocycles. The number of rotatable bonds is 14. The Balaban J connectivity index is 1.35. The van der Waals surface area contributed by atoms with Gasteiger partial charge in [0, 0.05) is 25.0 Å². The number of likely N-dealkylation sites (tertiary alicyclic amines) is 1. The Bertz CT molecular complexity index is 1400. The van der Waals surface area contributed by atoms with Crippen molar-refractivity contribution in [3.05, 3.63) is 24.3 Å². The van der Waals surface area contributed by atoms with Crippen LogP contribution in [0.3, 0.4) is 0 Å². The highest BCUT2D eigenvalue weighted by molar-refractivity contribution is 5.98. The van der Waals surface area contributed by atoms with Gasteiger partial charge in [-0.15, -0.1) is 0 Å². The van der Waals surface area contributed by atoms with E-state index in [2.05, 4.69) is 45.1 Å². The Morgan fingerprint density at radius 3 is 2.28 bits per heavy atom. The largest absolute Gasteiger partial charge is 0.381 e. The fraction of sp³-hybridized carbons (Fsp3) is 0.757. The first-order chi connectivity index (χ1) is 23.6. The molecular formula is C37H57N7O6. The number of aliphatic hydroxyl groups is 1. The fourth-order valence-electron chi connectivity index (χ4n) is 8.05. The lowest BCUT2D eigenvalue weighted by atomic mass is 9.82. The summed E-state index contributed by atoms with van der Waals surface area (Å²) in [6.07, 6.45) is 11.0. The molecule has 7 atom stereocenters. The third kappa shape index (κ3) is 8.46. The second kappa shape index (κ2) is 15.3. The van der Waals surface area contributed by atoms with Crippen LogP contribution in [0.15, 0.2) is 18.6 Å². The fourth-order valence-corrected chi connectivity index (χ4v) is 8.05. The molecule has 1 aromatic heterocycles. The van der Waals surface area contributed by atoms with Crippen LogP contribution >= 0.6 is 0 Å². The van der Waals surface area contributed by atoms with Gasteiger partial charge in [0.1, 0.15) is 23.8 Å². The zero-order chi connectivity index (χ0) is 36.4. The van der Waals surface area contributed by atoms with Gasteiger partial charge in [0.25, 0.3) is 11.8 Å². The number of piperidine rings is 1. The Hall–Kier alpha value is -3.61. The molecule has 4 aliphatic rings. The molecule has 13 heteroatoms. The SMILES string of the molecule is CCCCC(NC(=O)[C@@H]1[C@@H]2[C@H](CN1C(=O)[C@@H](NC(=O)[C@@H](NC(=O)c1cnccn1)C1CCCCC1)C(C)(C)C)C2(C)C)C(O)C(=O)NC1CC1. The van der Waals surface area contributed by atoms with Crippen LogP contribution in [-0.4, -0.2) is 92.4 Å². The van der Waals surface area contributed by atoms with E-state index < -0.39 is 59.3 Å². The molecule has 4 fully saturated rings. The first kappa shape index (κ1) is 37.6. The number of fused-ring (bicyclic) bond motifs is 1. The van der Waals surface area contributed by atoms with Crippen molar-refractivity contribution >= 4 is 29.5 Å². The minimum atomic E-state index is -1.41. The van der Waals surface area contributed by atoms with E-state index in [-0.39, 0.29) is 40.8 Å². The smallest absolute Gasteiger partial charge is 0.272 e. The Morgan fingerprint density at radius 2 is 1.68 bits per heavy atom. The van der Waals surface area contributed by atoms with Gasteiger partial charge in [-0.1, -0.05) is 73.6 Å². The Labute approximate surface area is 295 Å². The van der Waals surface area contributed by atoms with Crippen LogP contribution in [0.4, 0.5) is 0 Å². The van der Waals surface area contributed by atoms with Crippen molar-refractivity contribution in [2.75, 3.05) is 6.54 Å². The molecular weight excluding hydrogens is 638 g/mol. The number of amides is 5. The Morgan fingerprint density at radius 1 is 0.980 bits per heavy atom. The van der Waals surface area contributed by atoms with Crippen molar-refractivity contribution in [2.45, 2.75) is 142 Å². The Kier molecular flexibility index (Phi) is 11.5. The normalized spacial score (nSPS) is 25.3. The minimum Gasteiger partial charge on any atom is -0.381 e. The zero-order valence-electron chi connectivity index (χ0n) is 30.5. The summed E-state index contributed by atoms with van der Waals surface area (Å²) in [7, 11) is 0. The molecule has 0 bridgehead atoms. The number of aromatic nitrogens is 2. The van der Waals surface area contributed by atoms with Crippen LogP contribution in [0.2, 0.25) is 0 Å². The van der Waals surface area contributed by atoms with Gasteiger partial charge in [-0.3, -0.25) is 29.0 Å². The molecule has 0 aromatic carbocycles. The molecule has 5 rings (SSSR count). The van der Waals surface area contributed by atoms with Gasteiger partial charge >= 0.3 is 0 Å². The standard InChI is InChI=1S/C37H57N7O6/c1-7-8-14-24(29(45)34(49)40-22-15-16-22)41-33(48)28-26-23(37(26,5)6)20-44(28)35(50)30(36(2,3)4)43-32(47)27(21-12-10-9-11-13-21)42-31(46)25-19-38-17-18-39-25/h17-19,21-24,26-30,45H,7-16,20H2,1-6H3,(H,40,49)(H,41,48)(H,42,46)(H,43,47)/t23-,24?,26-,27-,28-,29?,30+/m0/s1. The number of nitrogens with zero attached hydrogens (tertiary/aromatic N) is 3. The van der Waals surface area contributed by atoms with Gasteiger partial charge in [-0.05, 0) is 60.7 Å². The lowest BCUT2D eigenvalue weighted by molar-refractivity contribution is -0.146. The highest BCUT2D eigenvalue weighted by atomic mass is 16.3. The van der Waals surface area contributed by atoms with E-state index in [1.165, 1.54) is 18.6 Å². The number of carbonyl (C=O) groups is 5. The summed E-state index contributed by atoms with van der Waals surface area (Å²) in [6, 6.07) is -3.42. The van der Waals surface area contributed by atoms with Crippen molar-refractivity contribution in [1.82, 2.24) is 36.1 Å². The van der Waals surface area contributed by atoms with Crippen LogP contribution in [0.25, 0.3) is 0 Å². The van der Waals surface area contributed by atoms with Crippen LogP contribution < -0.4 is 21.3 Å². The van der Waals surface area contributed by atoms with Crippen molar-refractivity contribution in [1.29, 1.82) is 0 Å². The van der Waals surface area contributed by atoms with Gasteiger partial charge in [0.2, 0.25) is 17.7 Å². The van der Waals surface area contributed by atoms with E-state index in [0.717, 1.165) is 51.4 Å². The van der Waals surface area contributed by atoms with Crippen LogP contribution in [0, 0.1) is 28.6 Å². The van der Waals surface area contributed by atoms with E-state index in [1.54, 1.807) is 4.90 Å². The highest BCUT2D eigenvalue weighted by Gasteiger charge is 2.70. The van der Waals surface area contributed by atoms with Crippen molar-refractivity contribution in [3.8, 4) is 0 Å². The molecule has 1 saturated heterocycles. The van der Waals surface area contributed by atoms with Crippen molar-refractivity contribution in [2.24, 2.45) is 28.6 Å². The summed E-state index contributed by atoms with van der Waals surface area (Å²) in [5, 5.41) is 22.7. The molecule has 3 aliphatic carbocycles. The summed E-state index contributed by atoms with van der Waals surface area (Å²) < 4.78 is 0. The van der Waals surface area contributed by atoms with Crippen LogP contribution in [0.5, 0.6) is 0 Å². The van der Waals surface area contributed by atoms with E-state index in [1.807, 2.05) is 27.7 Å². The third-order valence-electron chi connectivity index (χ3n) is 11.4. The summed E-state index contributed by atoms with van der Waals surface area (Å²) in [4.78, 5) is 78.6. The molecule has 13 nitrogen and oxygen atoms in total. The predicted octanol–water partition coefficient (Wildman–Crippen LogP) is 2.48. The predicted molar refractivity (Wildman–Crippen MR) is 186 cm³/mol. The lowest BCUT2D eigenvalue weighted by Gasteiger charge is -2.39. The molecule has 5 amide bonds. The lowest BCUT2D eigenvalue weighted by Crippen LogP contribution is -2.63. The number of unbranched alkanes of at least 4 members (excludes halogenated alkanes) is 1. The van der Waals surface area contributed by atoms with Crippen molar-refractivity contribution in [3.63, 3.8) is 0 Å². The monoisotopic (exact) mass is 695 g/mol. The van der Waals surface area contributed by atoms with Crippen LogP contribution in [-0.2, 0) is 19.2 Å². The molecule has 2 unspecified atom stereocenters. The number of hydrogen-bond acceptors (Lipinski definition) is 8. The summed E-state index contributed by atoms with van der Waals surface area (Å²) in [5.74, 6) is -2.33. The number of carbonyl (C=O) groups excluding carboxylic acids is 5. The molecule has 2 heterocycles. The molecule has 50 heavy (non-hydrogen) atoms. The topological polar surface area (TPSA) is 183 Å². The van der Waals surface area contributed by atoms with Crippen LogP contribution in [0.1, 0.15) is 116 Å². The first-order valence-electron chi connectivity index (χ1n) is 18.6. The van der Waals surface area contributed by atoms with Gasteiger partial charge in [-0.25, -0.2) is 4.98 Å². The van der Waals surface area contributed by atoms with E-state index >= 15 is 0 Å². The summed E-state index contributed by atoms with van der Waals surface area (Å²) in [5.41, 5.74) is -0.802. The second-order valence-corrected chi connectivity index (χ2v) is 16.6. The van der Waals surface area contributed by atoms with Gasteiger partial charge in [0.05, 0.1) is 12.2 Å². The van der Waals surface area contributed by atoms with Gasteiger partial charge in [-0.2, -0.15) is 0 Å². The van der Waals surface area contributed by atoms with Gasteiger partial charge in [0.15, 0.2) is 6.10 Å². The number of hydrogen-bond donors (Lipinski definition) is 5. The summed E-state index contributed by atoms with van der Waals surface area (Å²) >= 11 is 0. The molecule has 5 N–H and O–H groups in total. The third-order valence-corrected chi connectivity index (χ3v) is 11.4. The van der Waals surface area contributed by atoms with E-state index in [9.17, 15) is 29.1 Å². The quantitative estimate of drug-likeness (QED) is 0.197. The maximum Gasteiger partial charge on any atom is 0.272 e. The van der Waals surface area contributed by atoms with E-state index in [0.29, 0.717) is 19.4 Å². The number of aliphatic hydroxyl groups excluding tert-OH is 1. The zero-order valence-corrected chi connectivity index (χ0v) is 30.5. The molecule has 0 radical (unpaired) electrons. The maximum absolute atomic E-state index is 14.6. The average Bonchev–Trinajstić information content (AvgIpc) is 3.94. The maximum atomic E-state index is 14.6. The van der Waals surface area contributed by atoms with E-state index in [4.69, 9.17) is 0 Å². The molecule has 1 aliphatic heterocycles. The molecule has 276 valence electrons. The molecule has 1 aromatic rings. The molecule has 0 spiro atoms. The first-order valence-corrected chi connectivity index (χ1v) is 18.6. The number of nitrogens with one attached hydrogen (secondary N) is 4. The van der Waals surface area contributed by atoms with Gasteiger partial charge < -0.3 is 31.3 Å². The van der Waals surface area contributed by atoms with Crippen molar-refractivity contribution < 1.29 is 29.1 Å². The second-order valence-electron chi connectivity index (χ2n) is 16.6. The summed E-state index contributed by atoms with van der Waals surface area (Å²) in [6.45, 7) is 12.2.